The fraction of sp³-hybridized carbons (Fsp3) is 0.889. The van der Waals surface area contributed by atoms with Gasteiger partial charge in [0.05, 0.1) is 6.07 Å². The second kappa shape index (κ2) is 5.15. The van der Waals surface area contributed by atoms with Crippen molar-refractivity contribution in [2.75, 3.05) is 14.1 Å². The maximum absolute atomic E-state index is 8.42. The third kappa shape index (κ3) is 2.90. The van der Waals surface area contributed by atoms with Crippen molar-refractivity contribution in [2.24, 2.45) is 5.92 Å². The molecule has 0 unspecified atom stereocenters. The molecule has 0 saturated heterocycles. The van der Waals surface area contributed by atoms with E-state index in [1.165, 1.54) is 0 Å². The Morgan fingerprint density at radius 3 is 2.00 bits per heavy atom. The fourth-order valence-corrected chi connectivity index (χ4v) is 1.11. The monoisotopic (exact) mass is 154 g/mol. The number of hydrogen-bond acceptors (Lipinski definition) is 2. The molecule has 0 atom stereocenters. The maximum Gasteiger partial charge on any atom is 0.0657 e. The van der Waals surface area contributed by atoms with Gasteiger partial charge in [-0.15, -0.1) is 0 Å². The Kier molecular flexibility index (Phi) is 4.89. The predicted octanol–water partition coefficient (Wildman–Crippen LogP) is 1.88. The first kappa shape index (κ1) is 10.4. The van der Waals surface area contributed by atoms with Gasteiger partial charge in [0.2, 0.25) is 0 Å². The van der Waals surface area contributed by atoms with E-state index in [1.807, 2.05) is 13.8 Å². The molecule has 1 saturated carbocycles. The van der Waals surface area contributed by atoms with Crippen LogP contribution in [0.4, 0.5) is 0 Å². The summed E-state index contributed by atoms with van der Waals surface area (Å²) in [6.07, 6.45) is 2.15. The molecule has 0 heterocycles. The molecule has 0 bridgehead atoms. The summed E-state index contributed by atoms with van der Waals surface area (Å²) in [4.78, 5) is 2.19. The molecule has 1 aliphatic carbocycles. The molecule has 0 radical (unpaired) electrons. The van der Waals surface area contributed by atoms with Gasteiger partial charge < -0.3 is 4.90 Å². The van der Waals surface area contributed by atoms with Gasteiger partial charge in [-0.05, 0) is 26.9 Å². The number of nitrogens with zero attached hydrogens (tertiary/aromatic N) is 2. The van der Waals surface area contributed by atoms with Gasteiger partial charge in [-0.3, -0.25) is 0 Å². The summed E-state index contributed by atoms with van der Waals surface area (Å²) in [5.41, 5.74) is 0. The van der Waals surface area contributed by atoms with Crippen molar-refractivity contribution in [1.82, 2.24) is 4.90 Å². The van der Waals surface area contributed by atoms with Gasteiger partial charge in [0.25, 0.3) is 0 Å². The van der Waals surface area contributed by atoms with Crippen molar-refractivity contribution in [1.29, 1.82) is 5.26 Å². The van der Waals surface area contributed by atoms with E-state index in [4.69, 9.17) is 5.26 Å². The SMILES string of the molecule is CC.CN(C)C1CC(C#N)C1. The Morgan fingerprint density at radius 2 is 1.73 bits per heavy atom. The number of hydrogen-bond donors (Lipinski definition) is 0. The van der Waals surface area contributed by atoms with Crippen LogP contribution in [0.3, 0.4) is 0 Å². The van der Waals surface area contributed by atoms with Crippen LogP contribution in [0.25, 0.3) is 0 Å². The van der Waals surface area contributed by atoms with Gasteiger partial charge in [0.15, 0.2) is 0 Å². The summed E-state index contributed by atoms with van der Waals surface area (Å²) >= 11 is 0. The molecule has 0 aliphatic heterocycles. The second-order valence-corrected chi connectivity index (χ2v) is 2.91. The van der Waals surface area contributed by atoms with Gasteiger partial charge >= 0.3 is 0 Å². The van der Waals surface area contributed by atoms with Gasteiger partial charge in [0.1, 0.15) is 0 Å². The molecule has 2 heteroatoms. The molecule has 0 N–H and O–H groups in total. The van der Waals surface area contributed by atoms with Gasteiger partial charge in [-0.2, -0.15) is 5.26 Å². The molecule has 0 aromatic heterocycles. The Labute approximate surface area is 69.8 Å². The molecule has 64 valence electrons. The van der Waals surface area contributed by atoms with Gasteiger partial charge in [-0.1, -0.05) is 13.8 Å². The zero-order valence-electron chi connectivity index (χ0n) is 7.96. The van der Waals surface area contributed by atoms with Crippen molar-refractivity contribution < 1.29 is 0 Å². The third-order valence-corrected chi connectivity index (χ3v) is 2.03. The number of nitriles is 1. The molecule has 0 spiro atoms. The van der Waals surface area contributed by atoms with Gasteiger partial charge in [-0.25, -0.2) is 0 Å². The lowest BCUT2D eigenvalue weighted by Gasteiger charge is -2.35. The van der Waals surface area contributed by atoms with Crippen LogP contribution < -0.4 is 0 Å². The van der Waals surface area contributed by atoms with Crippen LogP contribution in [0.1, 0.15) is 26.7 Å². The summed E-state index contributed by atoms with van der Waals surface area (Å²) in [6, 6.07) is 2.94. The largest absolute Gasteiger partial charge is 0.306 e. The Balaban J connectivity index is 0.000000461. The molecule has 2 nitrogen and oxygen atoms in total. The zero-order valence-corrected chi connectivity index (χ0v) is 7.96. The van der Waals surface area contributed by atoms with Crippen molar-refractivity contribution >= 4 is 0 Å². The summed E-state index contributed by atoms with van der Waals surface area (Å²) in [5.74, 6) is 0.345. The van der Waals surface area contributed by atoms with Crippen LogP contribution in [-0.2, 0) is 0 Å². The van der Waals surface area contributed by atoms with E-state index in [1.54, 1.807) is 0 Å². The van der Waals surface area contributed by atoms with E-state index in [0.29, 0.717) is 12.0 Å². The normalized spacial score (nSPS) is 28.0. The van der Waals surface area contributed by atoms with Crippen molar-refractivity contribution in [3.8, 4) is 6.07 Å². The first-order chi connectivity index (χ1) is 5.24. The van der Waals surface area contributed by atoms with Crippen LogP contribution in [0.15, 0.2) is 0 Å². The third-order valence-electron chi connectivity index (χ3n) is 2.03. The van der Waals surface area contributed by atoms with E-state index < -0.39 is 0 Å². The Hall–Kier alpha value is -0.550. The van der Waals surface area contributed by atoms with E-state index in [0.717, 1.165) is 12.8 Å². The lowest BCUT2D eigenvalue weighted by molar-refractivity contribution is 0.155. The minimum Gasteiger partial charge on any atom is -0.306 e. The fourth-order valence-electron chi connectivity index (χ4n) is 1.11. The smallest absolute Gasteiger partial charge is 0.0657 e. The zero-order chi connectivity index (χ0) is 8.85. The topological polar surface area (TPSA) is 27.0 Å². The summed E-state index contributed by atoms with van der Waals surface area (Å²) in [5, 5.41) is 8.42. The van der Waals surface area contributed by atoms with E-state index in [2.05, 4.69) is 25.1 Å². The van der Waals surface area contributed by atoms with E-state index in [9.17, 15) is 0 Å². The van der Waals surface area contributed by atoms with Crippen molar-refractivity contribution in [2.45, 2.75) is 32.7 Å². The highest BCUT2D eigenvalue weighted by Crippen LogP contribution is 2.29. The van der Waals surface area contributed by atoms with Crippen molar-refractivity contribution in [3.05, 3.63) is 0 Å². The van der Waals surface area contributed by atoms with Crippen LogP contribution in [0, 0.1) is 17.2 Å². The molecule has 0 aromatic rings. The summed E-state index contributed by atoms with van der Waals surface area (Å²) < 4.78 is 0. The van der Waals surface area contributed by atoms with Crippen LogP contribution >= 0.6 is 0 Å². The Bertz CT molecular complexity index is 129. The molecule has 11 heavy (non-hydrogen) atoms. The van der Waals surface area contributed by atoms with Crippen LogP contribution in [-0.4, -0.2) is 25.0 Å². The Morgan fingerprint density at radius 1 is 1.27 bits per heavy atom. The molecule has 0 aromatic carbocycles. The van der Waals surface area contributed by atoms with Gasteiger partial charge in [0, 0.05) is 12.0 Å². The highest BCUT2D eigenvalue weighted by Gasteiger charge is 2.29. The summed E-state index contributed by atoms with van der Waals surface area (Å²) in [7, 11) is 4.14. The molecule has 0 amide bonds. The second-order valence-electron chi connectivity index (χ2n) is 2.91. The molecule has 1 aliphatic rings. The lowest BCUT2D eigenvalue weighted by atomic mass is 9.81. The summed E-state index contributed by atoms with van der Waals surface area (Å²) in [6.45, 7) is 4.00. The molecule has 1 fully saturated rings. The van der Waals surface area contributed by atoms with E-state index >= 15 is 0 Å². The molecular formula is C9H18N2. The average molecular weight is 154 g/mol. The minimum absolute atomic E-state index is 0.345. The average Bonchev–Trinajstić information content (AvgIpc) is 1.89. The van der Waals surface area contributed by atoms with Crippen LogP contribution in [0.2, 0.25) is 0 Å². The molecular weight excluding hydrogens is 136 g/mol. The predicted molar refractivity (Wildman–Crippen MR) is 47.2 cm³/mol. The highest BCUT2D eigenvalue weighted by molar-refractivity contribution is 4.97. The first-order valence-corrected chi connectivity index (χ1v) is 4.30. The highest BCUT2D eigenvalue weighted by atomic mass is 15.1. The quantitative estimate of drug-likeness (QED) is 0.576. The van der Waals surface area contributed by atoms with Crippen LogP contribution in [0.5, 0.6) is 0 Å². The van der Waals surface area contributed by atoms with E-state index in [-0.39, 0.29) is 0 Å². The number of rotatable bonds is 1. The molecule has 1 rings (SSSR count). The van der Waals surface area contributed by atoms with Crippen molar-refractivity contribution in [3.63, 3.8) is 0 Å². The lowest BCUT2D eigenvalue weighted by Crippen LogP contribution is -2.39. The maximum atomic E-state index is 8.42. The minimum atomic E-state index is 0.345. The first-order valence-electron chi connectivity index (χ1n) is 4.30. The standard InChI is InChI=1S/C7H12N2.C2H6/c1-9(2)7-3-6(4-7)5-8;1-2/h6-7H,3-4H2,1-2H3;1-2H3.